The lowest BCUT2D eigenvalue weighted by atomic mass is 10.1. The molecule has 2 aromatic rings. The van der Waals surface area contributed by atoms with Crippen molar-refractivity contribution in [3.63, 3.8) is 0 Å². The second kappa shape index (κ2) is 6.75. The second-order valence-corrected chi connectivity index (χ2v) is 4.86. The van der Waals surface area contributed by atoms with Crippen LogP contribution in [0.5, 0.6) is 17.2 Å². The highest BCUT2D eigenvalue weighted by molar-refractivity contribution is 9.08. The number of rotatable bonds is 5. The summed E-state index contributed by atoms with van der Waals surface area (Å²) in [4.78, 5) is 0. The first-order chi connectivity index (χ1) is 9.69. The molecule has 0 saturated heterocycles. The minimum absolute atomic E-state index is 0.229. The Kier molecular flexibility index (Phi) is 5.01. The van der Waals surface area contributed by atoms with Gasteiger partial charge in [0.05, 0.1) is 7.11 Å². The van der Waals surface area contributed by atoms with Crippen LogP contribution < -0.4 is 9.47 Å². The highest BCUT2D eigenvalue weighted by atomic mass is 79.9. The van der Waals surface area contributed by atoms with E-state index in [9.17, 15) is 4.39 Å². The molecule has 0 aromatic heterocycles. The minimum Gasteiger partial charge on any atom is -0.493 e. The first kappa shape index (κ1) is 14.9. The van der Waals surface area contributed by atoms with E-state index in [0.29, 0.717) is 16.8 Å². The molecule has 0 amide bonds. The Morgan fingerprint density at radius 3 is 2.60 bits per heavy atom. The molecule has 0 spiro atoms. The maximum atomic E-state index is 13.9. The van der Waals surface area contributed by atoms with E-state index < -0.39 is 0 Å². The van der Waals surface area contributed by atoms with Crippen molar-refractivity contribution in [3.05, 3.63) is 53.3 Å². The van der Waals surface area contributed by atoms with E-state index in [1.807, 2.05) is 24.3 Å². The molecule has 0 bridgehead atoms. The summed E-state index contributed by atoms with van der Waals surface area (Å²) in [6.07, 6.45) is 0.906. The van der Waals surface area contributed by atoms with Crippen LogP contribution in [-0.4, -0.2) is 7.11 Å². The van der Waals surface area contributed by atoms with Crippen LogP contribution in [0.4, 0.5) is 4.39 Å². The highest BCUT2D eigenvalue weighted by Crippen LogP contribution is 2.35. The van der Waals surface area contributed by atoms with Crippen molar-refractivity contribution in [1.29, 1.82) is 0 Å². The van der Waals surface area contributed by atoms with Crippen molar-refractivity contribution < 1.29 is 13.9 Å². The first-order valence-electron chi connectivity index (χ1n) is 6.37. The molecule has 0 heterocycles. The normalized spacial score (nSPS) is 10.4. The third-order valence-corrected chi connectivity index (χ3v) is 3.64. The van der Waals surface area contributed by atoms with Crippen LogP contribution in [-0.2, 0) is 11.8 Å². The summed E-state index contributed by atoms with van der Waals surface area (Å²) in [5.41, 5.74) is 1.90. The highest BCUT2D eigenvalue weighted by Gasteiger charge is 2.13. The predicted octanol–water partition coefficient (Wildman–Crippen LogP) is 5.08. The number of benzene rings is 2. The predicted molar refractivity (Wildman–Crippen MR) is 81.5 cm³/mol. The molecule has 0 aliphatic carbocycles. The zero-order valence-corrected chi connectivity index (χ0v) is 13.0. The van der Waals surface area contributed by atoms with Gasteiger partial charge in [0.25, 0.3) is 0 Å². The second-order valence-electron chi connectivity index (χ2n) is 4.30. The molecular formula is C16H16BrFO2. The van der Waals surface area contributed by atoms with E-state index in [1.54, 1.807) is 13.2 Å². The van der Waals surface area contributed by atoms with Crippen molar-refractivity contribution in [1.82, 2.24) is 0 Å². The van der Waals surface area contributed by atoms with Gasteiger partial charge in [-0.15, -0.1) is 0 Å². The van der Waals surface area contributed by atoms with Gasteiger partial charge in [0.2, 0.25) is 0 Å². The molecule has 0 saturated carbocycles. The molecule has 20 heavy (non-hydrogen) atoms. The average Bonchev–Trinajstić information content (AvgIpc) is 2.49. The summed E-state index contributed by atoms with van der Waals surface area (Å²) in [5, 5.41) is 0.523. The van der Waals surface area contributed by atoms with Gasteiger partial charge in [-0.2, -0.15) is 0 Å². The van der Waals surface area contributed by atoms with Crippen LogP contribution in [0.1, 0.15) is 18.1 Å². The number of ether oxygens (including phenoxy) is 2. The quantitative estimate of drug-likeness (QED) is 0.707. The standard InChI is InChI=1S/C16H16BrFO2/c1-3-11-7-8-14(15(9-11)19-2)20-16-12(10-17)5-4-6-13(16)18/h4-9H,3,10H2,1-2H3. The Balaban J connectivity index is 2.39. The van der Waals surface area contributed by atoms with Gasteiger partial charge >= 0.3 is 0 Å². The number of methoxy groups -OCH3 is 1. The topological polar surface area (TPSA) is 18.5 Å². The fraction of sp³-hybridized carbons (Fsp3) is 0.250. The fourth-order valence-corrected chi connectivity index (χ4v) is 2.34. The molecule has 2 aromatic carbocycles. The summed E-state index contributed by atoms with van der Waals surface area (Å²) < 4.78 is 25.0. The van der Waals surface area contributed by atoms with E-state index in [2.05, 4.69) is 22.9 Å². The number of para-hydroxylation sites is 1. The van der Waals surface area contributed by atoms with E-state index in [1.165, 1.54) is 6.07 Å². The summed E-state index contributed by atoms with van der Waals surface area (Å²) in [7, 11) is 1.58. The third kappa shape index (κ3) is 3.12. The minimum atomic E-state index is -0.386. The van der Waals surface area contributed by atoms with Gasteiger partial charge in [0.15, 0.2) is 23.1 Å². The first-order valence-corrected chi connectivity index (χ1v) is 7.49. The summed E-state index contributed by atoms with van der Waals surface area (Å²) in [6, 6.07) is 10.5. The monoisotopic (exact) mass is 338 g/mol. The fourth-order valence-electron chi connectivity index (χ4n) is 1.90. The molecule has 0 N–H and O–H groups in total. The van der Waals surface area contributed by atoms with Crippen LogP contribution in [0.15, 0.2) is 36.4 Å². The molecule has 4 heteroatoms. The molecule has 2 nitrogen and oxygen atoms in total. The summed E-state index contributed by atoms with van der Waals surface area (Å²) >= 11 is 3.34. The zero-order chi connectivity index (χ0) is 14.5. The van der Waals surface area contributed by atoms with Gasteiger partial charge in [-0.1, -0.05) is 41.1 Å². The molecule has 106 valence electrons. The maximum absolute atomic E-state index is 13.9. The Bertz CT molecular complexity index is 599. The molecule has 0 aliphatic heterocycles. The van der Waals surface area contributed by atoms with Crippen molar-refractivity contribution >= 4 is 15.9 Å². The number of halogens is 2. The lowest BCUT2D eigenvalue weighted by Crippen LogP contribution is -1.96. The zero-order valence-electron chi connectivity index (χ0n) is 11.5. The summed E-state index contributed by atoms with van der Waals surface area (Å²) in [5.74, 6) is 0.959. The Labute approximate surface area is 126 Å². The van der Waals surface area contributed by atoms with Crippen LogP contribution in [0.3, 0.4) is 0 Å². The molecule has 0 radical (unpaired) electrons. The molecule has 0 aliphatic rings. The van der Waals surface area contributed by atoms with Gasteiger partial charge < -0.3 is 9.47 Å². The van der Waals surface area contributed by atoms with Crippen LogP contribution in [0, 0.1) is 5.82 Å². The molecular weight excluding hydrogens is 323 g/mol. The van der Waals surface area contributed by atoms with Gasteiger partial charge in [0, 0.05) is 10.9 Å². The lowest BCUT2D eigenvalue weighted by Gasteiger charge is -2.14. The van der Waals surface area contributed by atoms with Gasteiger partial charge in [-0.05, 0) is 30.2 Å². The van der Waals surface area contributed by atoms with Crippen molar-refractivity contribution in [3.8, 4) is 17.2 Å². The van der Waals surface area contributed by atoms with Crippen LogP contribution in [0.25, 0.3) is 0 Å². The maximum Gasteiger partial charge on any atom is 0.169 e. The third-order valence-electron chi connectivity index (χ3n) is 3.04. The molecule has 0 fully saturated rings. The number of hydrogen-bond donors (Lipinski definition) is 0. The SMILES string of the molecule is CCc1ccc(Oc2c(F)cccc2CBr)c(OC)c1. The van der Waals surface area contributed by atoms with E-state index in [-0.39, 0.29) is 11.6 Å². The molecule has 0 atom stereocenters. The van der Waals surface area contributed by atoms with E-state index in [0.717, 1.165) is 17.5 Å². The Morgan fingerprint density at radius 2 is 1.95 bits per heavy atom. The van der Waals surface area contributed by atoms with Gasteiger partial charge in [-0.3, -0.25) is 0 Å². The van der Waals surface area contributed by atoms with E-state index >= 15 is 0 Å². The average molecular weight is 339 g/mol. The Morgan fingerprint density at radius 1 is 1.15 bits per heavy atom. The summed E-state index contributed by atoms with van der Waals surface area (Å²) in [6.45, 7) is 2.06. The number of hydrogen-bond acceptors (Lipinski definition) is 2. The molecule has 2 rings (SSSR count). The van der Waals surface area contributed by atoms with Gasteiger partial charge in [-0.25, -0.2) is 4.39 Å². The van der Waals surface area contributed by atoms with Crippen molar-refractivity contribution in [2.45, 2.75) is 18.7 Å². The number of aryl methyl sites for hydroxylation is 1. The van der Waals surface area contributed by atoms with Crippen LogP contribution >= 0.6 is 15.9 Å². The van der Waals surface area contributed by atoms with Crippen molar-refractivity contribution in [2.24, 2.45) is 0 Å². The Hall–Kier alpha value is -1.55. The largest absolute Gasteiger partial charge is 0.493 e. The smallest absolute Gasteiger partial charge is 0.169 e. The number of alkyl halides is 1. The molecule has 0 unspecified atom stereocenters. The van der Waals surface area contributed by atoms with Gasteiger partial charge in [0.1, 0.15) is 0 Å². The van der Waals surface area contributed by atoms with Crippen LogP contribution in [0.2, 0.25) is 0 Å². The lowest BCUT2D eigenvalue weighted by molar-refractivity contribution is 0.369. The van der Waals surface area contributed by atoms with Crippen molar-refractivity contribution in [2.75, 3.05) is 7.11 Å². The van der Waals surface area contributed by atoms with E-state index in [4.69, 9.17) is 9.47 Å².